The number of ether oxygens (including phenoxy) is 2. The van der Waals surface area contributed by atoms with E-state index in [1.165, 1.54) is 11.8 Å². The summed E-state index contributed by atoms with van der Waals surface area (Å²) in [4.78, 5) is 24.4. The van der Waals surface area contributed by atoms with Gasteiger partial charge in [0.05, 0.1) is 19.9 Å². The SMILES string of the molecule is CCOc1ccc(NC(=O)CC2S/C(=N/N=Cc3ccccc3OC)NC2=O)cc1. The van der Waals surface area contributed by atoms with Crippen LogP contribution in [0.2, 0.25) is 0 Å². The van der Waals surface area contributed by atoms with Crippen molar-refractivity contribution in [3.63, 3.8) is 0 Å². The maximum atomic E-state index is 12.3. The highest BCUT2D eigenvalue weighted by Gasteiger charge is 2.32. The molecule has 0 radical (unpaired) electrons. The molecule has 1 unspecified atom stereocenters. The van der Waals surface area contributed by atoms with E-state index >= 15 is 0 Å². The summed E-state index contributed by atoms with van der Waals surface area (Å²) in [6.45, 7) is 2.48. The zero-order valence-electron chi connectivity index (χ0n) is 16.6. The van der Waals surface area contributed by atoms with Crippen LogP contribution in [0.3, 0.4) is 0 Å². The van der Waals surface area contributed by atoms with Crippen molar-refractivity contribution in [1.29, 1.82) is 0 Å². The number of nitrogens with zero attached hydrogens (tertiary/aromatic N) is 2. The zero-order chi connectivity index (χ0) is 21.3. The smallest absolute Gasteiger partial charge is 0.240 e. The number of hydrogen-bond donors (Lipinski definition) is 2. The summed E-state index contributed by atoms with van der Waals surface area (Å²) in [6, 6.07) is 14.5. The van der Waals surface area contributed by atoms with Crippen LogP contribution in [0.25, 0.3) is 0 Å². The van der Waals surface area contributed by atoms with E-state index in [1.807, 2.05) is 31.2 Å². The number of carbonyl (C=O) groups is 2. The standard InChI is InChI=1S/C21H22N4O4S/c1-3-29-16-10-8-15(9-11-16)23-19(26)12-18-20(27)24-21(30-18)25-22-13-14-6-4-5-7-17(14)28-2/h4-11,13,18H,3,12H2,1-2H3,(H,23,26)(H,24,25,27). The molecule has 3 rings (SSSR count). The molecule has 0 bridgehead atoms. The van der Waals surface area contributed by atoms with Gasteiger partial charge in [0.1, 0.15) is 16.7 Å². The quantitative estimate of drug-likeness (QED) is 0.499. The molecule has 1 saturated heterocycles. The molecule has 2 aromatic rings. The monoisotopic (exact) mass is 426 g/mol. The molecule has 0 spiro atoms. The number of anilines is 1. The van der Waals surface area contributed by atoms with Gasteiger partial charge in [-0.2, -0.15) is 5.10 Å². The van der Waals surface area contributed by atoms with Crippen LogP contribution in [0.5, 0.6) is 11.5 Å². The Bertz CT molecular complexity index is 960. The topological polar surface area (TPSA) is 101 Å². The van der Waals surface area contributed by atoms with Crippen LogP contribution in [0.4, 0.5) is 5.69 Å². The van der Waals surface area contributed by atoms with Gasteiger partial charge in [-0.1, -0.05) is 23.9 Å². The molecule has 0 aromatic heterocycles. The summed E-state index contributed by atoms with van der Waals surface area (Å²) in [7, 11) is 1.58. The normalized spacial score (nSPS) is 17.2. The van der Waals surface area contributed by atoms with E-state index < -0.39 is 5.25 Å². The fourth-order valence-electron chi connectivity index (χ4n) is 2.68. The molecule has 1 fully saturated rings. The average molecular weight is 426 g/mol. The first-order valence-corrected chi connectivity index (χ1v) is 10.2. The van der Waals surface area contributed by atoms with Crippen molar-refractivity contribution < 1.29 is 19.1 Å². The third kappa shape index (κ3) is 5.84. The second-order valence-electron chi connectivity index (χ2n) is 6.20. The van der Waals surface area contributed by atoms with Crippen LogP contribution in [0, 0.1) is 0 Å². The lowest BCUT2D eigenvalue weighted by molar-refractivity contribution is -0.122. The molecule has 8 nitrogen and oxygen atoms in total. The lowest BCUT2D eigenvalue weighted by Gasteiger charge is -2.08. The third-order valence-electron chi connectivity index (χ3n) is 4.08. The lowest BCUT2D eigenvalue weighted by Crippen LogP contribution is -2.28. The first-order valence-electron chi connectivity index (χ1n) is 9.33. The number of rotatable bonds is 8. The molecule has 0 aliphatic carbocycles. The van der Waals surface area contributed by atoms with Crippen LogP contribution >= 0.6 is 11.8 Å². The molecule has 2 amide bonds. The van der Waals surface area contributed by atoms with Crippen molar-refractivity contribution in [3.8, 4) is 11.5 Å². The Morgan fingerprint density at radius 2 is 2.00 bits per heavy atom. The number of benzene rings is 2. The number of amides is 2. The highest BCUT2D eigenvalue weighted by molar-refractivity contribution is 8.15. The van der Waals surface area contributed by atoms with E-state index in [1.54, 1.807) is 37.6 Å². The largest absolute Gasteiger partial charge is 0.496 e. The number of thioether (sulfide) groups is 1. The number of hydrogen-bond acceptors (Lipinski definition) is 7. The maximum absolute atomic E-state index is 12.3. The maximum Gasteiger partial charge on any atom is 0.240 e. The van der Waals surface area contributed by atoms with Gasteiger partial charge in [-0.3, -0.25) is 9.59 Å². The zero-order valence-corrected chi connectivity index (χ0v) is 17.4. The summed E-state index contributed by atoms with van der Waals surface area (Å²) in [5, 5.41) is 13.2. The van der Waals surface area contributed by atoms with Gasteiger partial charge in [0, 0.05) is 17.7 Å². The Kier molecular flexibility index (Phi) is 7.45. The minimum atomic E-state index is -0.562. The number of nitrogens with one attached hydrogen (secondary N) is 2. The minimum absolute atomic E-state index is 0.0267. The van der Waals surface area contributed by atoms with E-state index in [2.05, 4.69) is 20.8 Å². The Morgan fingerprint density at radius 1 is 1.23 bits per heavy atom. The molecule has 1 aliphatic heterocycles. The molecular formula is C21H22N4O4S. The predicted molar refractivity (Wildman–Crippen MR) is 118 cm³/mol. The fraction of sp³-hybridized carbons (Fsp3) is 0.238. The molecule has 1 aliphatic rings. The first kappa shape index (κ1) is 21.4. The molecular weight excluding hydrogens is 404 g/mol. The average Bonchev–Trinajstić information content (AvgIpc) is 3.09. The van der Waals surface area contributed by atoms with Crippen molar-refractivity contribution in [2.75, 3.05) is 19.0 Å². The lowest BCUT2D eigenvalue weighted by atomic mass is 10.2. The van der Waals surface area contributed by atoms with Crippen molar-refractivity contribution in [1.82, 2.24) is 5.32 Å². The van der Waals surface area contributed by atoms with Crippen molar-refractivity contribution in [3.05, 3.63) is 54.1 Å². The first-order chi connectivity index (χ1) is 14.6. The highest BCUT2D eigenvalue weighted by atomic mass is 32.2. The van der Waals surface area contributed by atoms with E-state index in [-0.39, 0.29) is 18.2 Å². The second kappa shape index (κ2) is 10.4. The van der Waals surface area contributed by atoms with E-state index in [0.717, 1.165) is 11.3 Å². The van der Waals surface area contributed by atoms with Gasteiger partial charge in [-0.15, -0.1) is 5.10 Å². The Balaban J connectivity index is 1.54. The Morgan fingerprint density at radius 3 is 2.73 bits per heavy atom. The molecule has 2 aromatic carbocycles. The van der Waals surface area contributed by atoms with Crippen molar-refractivity contribution in [2.45, 2.75) is 18.6 Å². The summed E-state index contributed by atoms with van der Waals surface area (Å²) < 4.78 is 10.6. The van der Waals surface area contributed by atoms with Gasteiger partial charge in [0.15, 0.2) is 5.17 Å². The van der Waals surface area contributed by atoms with E-state index in [9.17, 15) is 9.59 Å². The number of amidine groups is 1. The van der Waals surface area contributed by atoms with Gasteiger partial charge >= 0.3 is 0 Å². The van der Waals surface area contributed by atoms with Gasteiger partial charge < -0.3 is 20.1 Å². The number of carbonyl (C=O) groups excluding carboxylic acids is 2. The van der Waals surface area contributed by atoms with E-state index in [0.29, 0.717) is 23.2 Å². The van der Waals surface area contributed by atoms with Crippen LogP contribution in [0.1, 0.15) is 18.9 Å². The van der Waals surface area contributed by atoms with Gasteiger partial charge in [0.25, 0.3) is 0 Å². The van der Waals surface area contributed by atoms with Gasteiger partial charge in [-0.25, -0.2) is 0 Å². The van der Waals surface area contributed by atoms with Crippen molar-refractivity contribution >= 4 is 40.6 Å². The fourth-order valence-corrected chi connectivity index (χ4v) is 3.61. The summed E-state index contributed by atoms with van der Waals surface area (Å²) >= 11 is 1.18. The molecule has 2 N–H and O–H groups in total. The summed E-state index contributed by atoms with van der Waals surface area (Å²) in [5.41, 5.74) is 1.41. The minimum Gasteiger partial charge on any atom is -0.496 e. The molecule has 30 heavy (non-hydrogen) atoms. The summed E-state index contributed by atoms with van der Waals surface area (Å²) in [6.07, 6.45) is 1.57. The van der Waals surface area contributed by atoms with Crippen LogP contribution in [-0.2, 0) is 9.59 Å². The van der Waals surface area contributed by atoms with E-state index in [4.69, 9.17) is 9.47 Å². The van der Waals surface area contributed by atoms with Crippen LogP contribution in [-0.4, -0.2) is 42.2 Å². The van der Waals surface area contributed by atoms with Gasteiger partial charge in [0.2, 0.25) is 11.8 Å². The second-order valence-corrected chi connectivity index (χ2v) is 7.39. The number of methoxy groups -OCH3 is 1. The van der Waals surface area contributed by atoms with Crippen LogP contribution < -0.4 is 20.1 Å². The van der Waals surface area contributed by atoms with Gasteiger partial charge in [-0.05, 0) is 43.3 Å². The Labute approximate surface area is 178 Å². The summed E-state index contributed by atoms with van der Waals surface area (Å²) in [5.74, 6) is 0.878. The third-order valence-corrected chi connectivity index (χ3v) is 5.15. The van der Waals surface area contributed by atoms with Crippen LogP contribution in [0.15, 0.2) is 58.7 Å². The Hall–Kier alpha value is -3.33. The van der Waals surface area contributed by atoms with Crippen molar-refractivity contribution in [2.24, 2.45) is 10.2 Å². The molecule has 9 heteroatoms. The highest BCUT2D eigenvalue weighted by Crippen LogP contribution is 2.24. The molecule has 1 heterocycles. The molecule has 156 valence electrons. The number of para-hydroxylation sites is 1. The predicted octanol–water partition coefficient (Wildman–Crippen LogP) is 3.04. The molecule has 1 atom stereocenters. The molecule has 0 saturated carbocycles.